The zero-order chi connectivity index (χ0) is 20.4. The van der Waals surface area contributed by atoms with Crippen molar-refractivity contribution < 1.29 is 9.53 Å². The monoisotopic (exact) mass is 396 g/mol. The average Bonchev–Trinajstić information content (AvgIpc) is 3.08. The third kappa shape index (κ3) is 2.91. The van der Waals surface area contributed by atoms with Crippen molar-refractivity contribution in [1.82, 2.24) is 0 Å². The van der Waals surface area contributed by atoms with Gasteiger partial charge in [0.25, 0.3) is 0 Å². The summed E-state index contributed by atoms with van der Waals surface area (Å²) >= 11 is 0. The van der Waals surface area contributed by atoms with Crippen molar-refractivity contribution in [2.45, 2.75) is 85.5 Å². The van der Waals surface area contributed by atoms with Gasteiger partial charge in [-0.2, -0.15) is 0 Å². The molecular weight excluding hydrogens is 356 g/mol. The summed E-state index contributed by atoms with van der Waals surface area (Å²) in [6, 6.07) is 0. The number of ketones is 1. The first kappa shape index (κ1) is 19.9. The molecule has 2 nitrogen and oxygen atoms in total. The van der Waals surface area contributed by atoms with Crippen LogP contribution in [-0.2, 0) is 9.53 Å². The van der Waals surface area contributed by atoms with Crippen LogP contribution in [0.1, 0.15) is 85.5 Å². The third-order valence-electron chi connectivity index (χ3n) is 10.2. The van der Waals surface area contributed by atoms with Crippen molar-refractivity contribution in [1.29, 1.82) is 0 Å². The molecule has 7 atom stereocenters. The van der Waals surface area contributed by atoms with Crippen LogP contribution in [0.3, 0.4) is 0 Å². The highest BCUT2D eigenvalue weighted by Crippen LogP contribution is 2.68. The zero-order valence-electron chi connectivity index (χ0n) is 19.0. The minimum Gasteiger partial charge on any atom is -0.497 e. The van der Waals surface area contributed by atoms with Gasteiger partial charge in [0.2, 0.25) is 0 Å². The van der Waals surface area contributed by atoms with Gasteiger partial charge in [0.15, 0.2) is 5.78 Å². The normalized spacial score (nSPS) is 46.1. The third-order valence-corrected chi connectivity index (χ3v) is 10.2. The molecule has 3 fully saturated rings. The first-order valence-corrected chi connectivity index (χ1v) is 12.4. The second-order valence-electron chi connectivity index (χ2n) is 11.8. The van der Waals surface area contributed by atoms with Crippen LogP contribution in [-0.4, -0.2) is 12.4 Å². The van der Waals surface area contributed by atoms with Crippen LogP contribution < -0.4 is 0 Å². The molecule has 1 aliphatic heterocycles. The number of hydrogen-bond donors (Lipinski definition) is 0. The van der Waals surface area contributed by atoms with Crippen molar-refractivity contribution in [3.05, 3.63) is 23.5 Å². The maximum atomic E-state index is 12.0. The number of carbonyl (C=O) groups excluding carboxylic acids is 1. The number of hydrogen-bond acceptors (Lipinski definition) is 2. The molecule has 0 bridgehead atoms. The number of allylic oxidation sites excluding steroid dienone is 4. The van der Waals surface area contributed by atoms with E-state index in [4.69, 9.17) is 4.74 Å². The highest BCUT2D eigenvalue weighted by Gasteiger charge is 2.62. The van der Waals surface area contributed by atoms with Crippen molar-refractivity contribution in [2.75, 3.05) is 6.61 Å². The Morgan fingerprint density at radius 1 is 1.14 bits per heavy atom. The molecule has 3 saturated carbocycles. The van der Waals surface area contributed by atoms with Crippen molar-refractivity contribution in [3.63, 3.8) is 0 Å². The predicted octanol–water partition coefficient (Wildman–Crippen LogP) is 6.71. The lowest BCUT2D eigenvalue weighted by molar-refractivity contribution is -0.127. The average molecular weight is 397 g/mol. The lowest BCUT2D eigenvalue weighted by Crippen LogP contribution is -2.55. The Morgan fingerprint density at radius 3 is 2.76 bits per heavy atom. The number of carbonyl (C=O) groups is 1. The molecular formula is C27H40O2. The van der Waals surface area contributed by atoms with E-state index in [-0.39, 0.29) is 5.41 Å². The predicted molar refractivity (Wildman–Crippen MR) is 117 cm³/mol. The number of rotatable bonds is 3. The molecule has 160 valence electrons. The Hall–Kier alpha value is -1.05. The molecule has 0 N–H and O–H groups in total. The van der Waals surface area contributed by atoms with Gasteiger partial charge in [0.05, 0.1) is 12.4 Å². The first-order valence-electron chi connectivity index (χ1n) is 12.4. The molecule has 29 heavy (non-hydrogen) atoms. The molecule has 5 rings (SSSR count). The van der Waals surface area contributed by atoms with Gasteiger partial charge in [-0.15, -0.1) is 0 Å². The Labute approximate surface area is 177 Å². The molecule has 5 aliphatic rings. The van der Waals surface area contributed by atoms with E-state index in [1.165, 1.54) is 50.7 Å². The lowest BCUT2D eigenvalue weighted by Gasteiger charge is -2.60. The zero-order valence-corrected chi connectivity index (χ0v) is 19.0. The molecule has 0 aromatic rings. The van der Waals surface area contributed by atoms with E-state index in [2.05, 4.69) is 33.8 Å². The quantitative estimate of drug-likeness (QED) is 0.530. The lowest BCUT2D eigenvalue weighted by atomic mass is 9.45. The number of ether oxygens (including phenoxy) is 1. The summed E-state index contributed by atoms with van der Waals surface area (Å²) < 4.78 is 6.56. The van der Waals surface area contributed by atoms with Gasteiger partial charge in [-0.25, -0.2) is 0 Å². The minimum atomic E-state index is 0.249. The standard InChI is InChI=1S/C27H40O2/c1-17(2)5-10-25-18(3)22-8-9-24-21-7-6-19-15-20(28)11-13-26(19,4)23(21)12-14-27(22,24)16-29-25/h11,13,17,19,21-24H,5-10,12,14-16H2,1-4H3. The molecule has 0 saturated heterocycles. The van der Waals surface area contributed by atoms with Crippen LogP contribution in [0.4, 0.5) is 0 Å². The molecule has 0 aromatic heterocycles. The fraction of sp³-hybridized carbons (Fsp3) is 0.815. The van der Waals surface area contributed by atoms with Crippen molar-refractivity contribution >= 4 is 5.78 Å². The van der Waals surface area contributed by atoms with Crippen molar-refractivity contribution in [3.8, 4) is 0 Å². The summed E-state index contributed by atoms with van der Waals surface area (Å²) in [4.78, 5) is 12.0. The van der Waals surface area contributed by atoms with Crippen LogP contribution in [0, 0.1) is 46.3 Å². The van der Waals surface area contributed by atoms with Crippen LogP contribution in [0.15, 0.2) is 23.5 Å². The van der Waals surface area contributed by atoms with E-state index in [1.54, 1.807) is 5.57 Å². The maximum absolute atomic E-state index is 12.0. The molecule has 2 heteroatoms. The molecule has 1 heterocycles. The van der Waals surface area contributed by atoms with E-state index in [9.17, 15) is 4.79 Å². The van der Waals surface area contributed by atoms with Crippen LogP contribution in [0.5, 0.6) is 0 Å². The summed E-state index contributed by atoms with van der Waals surface area (Å²) in [6.07, 6.45) is 15.4. The van der Waals surface area contributed by atoms with Gasteiger partial charge in [-0.1, -0.05) is 26.8 Å². The van der Waals surface area contributed by atoms with Gasteiger partial charge in [0.1, 0.15) is 0 Å². The second-order valence-corrected chi connectivity index (χ2v) is 11.8. The fourth-order valence-corrected chi connectivity index (χ4v) is 8.59. The maximum Gasteiger partial charge on any atom is 0.155 e. The van der Waals surface area contributed by atoms with E-state index in [0.717, 1.165) is 49.0 Å². The molecule has 0 aromatic carbocycles. The van der Waals surface area contributed by atoms with E-state index in [0.29, 0.717) is 17.1 Å². The number of fused-ring (bicyclic) bond motifs is 4. The van der Waals surface area contributed by atoms with E-state index < -0.39 is 0 Å². The van der Waals surface area contributed by atoms with Crippen LogP contribution >= 0.6 is 0 Å². The molecule has 0 amide bonds. The first-order chi connectivity index (χ1) is 13.8. The van der Waals surface area contributed by atoms with E-state index >= 15 is 0 Å². The minimum absolute atomic E-state index is 0.249. The topological polar surface area (TPSA) is 26.3 Å². The molecule has 7 unspecified atom stereocenters. The Balaban J connectivity index is 1.41. The van der Waals surface area contributed by atoms with Gasteiger partial charge in [-0.3, -0.25) is 4.79 Å². The molecule has 4 aliphatic carbocycles. The SMILES string of the molecule is CC1=C(CCC(C)C)OCC23CCC4C(CCC5CC(=O)C=CC54C)C2CCC13. The van der Waals surface area contributed by atoms with Crippen LogP contribution in [0.25, 0.3) is 0 Å². The summed E-state index contributed by atoms with van der Waals surface area (Å²) in [7, 11) is 0. The summed E-state index contributed by atoms with van der Waals surface area (Å²) in [5.74, 6) is 6.21. The van der Waals surface area contributed by atoms with Gasteiger partial charge < -0.3 is 4.74 Å². The highest BCUT2D eigenvalue weighted by atomic mass is 16.5. The van der Waals surface area contributed by atoms with Crippen molar-refractivity contribution in [2.24, 2.45) is 46.3 Å². The molecule has 1 spiro atoms. The summed E-state index contributed by atoms with van der Waals surface area (Å²) in [5.41, 5.74) is 2.25. The van der Waals surface area contributed by atoms with Gasteiger partial charge in [-0.05, 0) is 104 Å². The molecule has 0 radical (unpaired) electrons. The summed E-state index contributed by atoms with van der Waals surface area (Å²) in [5, 5.41) is 0. The Bertz CT molecular complexity index is 746. The smallest absolute Gasteiger partial charge is 0.155 e. The largest absolute Gasteiger partial charge is 0.497 e. The van der Waals surface area contributed by atoms with E-state index in [1.807, 2.05) is 6.08 Å². The fourth-order valence-electron chi connectivity index (χ4n) is 8.59. The van der Waals surface area contributed by atoms with Gasteiger partial charge >= 0.3 is 0 Å². The Morgan fingerprint density at radius 2 is 1.97 bits per heavy atom. The van der Waals surface area contributed by atoms with Gasteiger partial charge in [0, 0.05) is 18.3 Å². The second kappa shape index (κ2) is 6.99. The Kier molecular flexibility index (Phi) is 4.79. The highest BCUT2D eigenvalue weighted by molar-refractivity contribution is 5.91. The summed E-state index contributed by atoms with van der Waals surface area (Å²) in [6.45, 7) is 10.5. The van der Waals surface area contributed by atoms with Crippen LogP contribution in [0.2, 0.25) is 0 Å².